The highest BCUT2D eigenvalue weighted by molar-refractivity contribution is 7.98. The zero-order valence-electron chi connectivity index (χ0n) is 23.6. The minimum absolute atomic E-state index is 0.00543. The van der Waals surface area contributed by atoms with E-state index in [1.807, 2.05) is 18.2 Å². The molecule has 2 unspecified atom stereocenters. The lowest BCUT2D eigenvalue weighted by atomic mass is 9.97. The Balaban J connectivity index is 1.71. The van der Waals surface area contributed by atoms with Gasteiger partial charge in [-0.15, -0.1) is 10.2 Å². The molecular formula is C33H40N4OS. The fraction of sp³-hybridized carbons (Fsp3) is 0.364. The van der Waals surface area contributed by atoms with Gasteiger partial charge in [0.05, 0.1) is 6.04 Å². The highest BCUT2D eigenvalue weighted by Crippen LogP contribution is 2.30. The summed E-state index contributed by atoms with van der Waals surface area (Å²) in [6, 6.07) is 27.0. The van der Waals surface area contributed by atoms with E-state index in [0.717, 1.165) is 53.7 Å². The largest absolute Gasteiger partial charge is 0.345 e. The average molecular weight is 541 g/mol. The molecule has 1 heterocycles. The molecule has 0 saturated heterocycles. The zero-order chi connectivity index (χ0) is 27.6. The molecule has 39 heavy (non-hydrogen) atoms. The molecule has 0 aliphatic rings. The van der Waals surface area contributed by atoms with Crippen LogP contribution in [0.3, 0.4) is 0 Å². The second-order valence-corrected chi connectivity index (χ2v) is 11.2. The molecular weight excluding hydrogens is 500 g/mol. The molecule has 204 valence electrons. The normalized spacial score (nSPS) is 12.7. The topological polar surface area (TPSA) is 59.8 Å². The number of amides is 1. The molecule has 4 rings (SSSR count). The molecule has 0 aliphatic carbocycles. The first-order valence-corrected chi connectivity index (χ1v) is 15.0. The lowest BCUT2D eigenvalue weighted by Crippen LogP contribution is -2.36. The van der Waals surface area contributed by atoms with E-state index in [-0.39, 0.29) is 17.9 Å². The van der Waals surface area contributed by atoms with Crippen molar-refractivity contribution < 1.29 is 4.79 Å². The van der Waals surface area contributed by atoms with Crippen LogP contribution < -0.4 is 5.32 Å². The van der Waals surface area contributed by atoms with Crippen molar-refractivity contribution in [3.8, 4) is 5.69 Å². The molecule has 0 fully saturated rings. The number of hydrogen-bond donors (Lipinski definition) is 1. The van der Waals surface area contributed by atoms with E-state index < -0.39 is 0 Å². The monoisotopic (exact) mass is 540 g/mol. The van der Waals surface area contributed by atoms with Crippen molar-refractivity contribution in [3.63, 3.8) is 0 Å². The number of nitrogens with zero attached hydrogens (tertiary/aromatic N) is 3. The molecule has 1 N–H and O–H groups in total. The van der Waals surface area contributed by atoms with Crippen LogP contribution in [-0.4, -0.2) is 20.7 Å². The van der Waals surface area contributed by atoms with E-state index in [1.165, 1.54) is 16.7 Å². The van der Waals surface area contributed by atoms with Gasteiger partial charge in [0, 0.05) is 17.4 Å². The van der Waals surface area contributed by atoms with Gasteiger partial charge in [0.2, 0.25) is 5.91 Å². The maximum atomic E-state index is 13.5. The highest BCUT2D eigenvalue weighted by Gasteiger charge is 2.27. The van der Waals surface area contributed by atoms with Gasteiger partial charge in [-0.05, 0) is 56.4 Å². The van der Waals surface area contributed by atoms with Crippen LogP contribution in [-0.2, 0) is 17.0 Å². The second kappa shape index (κ2) is 14.1. The third-order valence-corrected chi connectivity index (χ3v) is 8.08. The maximum Gasteiger partial charge on any atom is 0.223 e. The highest BCUT2D eigenvalue weighted by atomic mass is 32.2. The lowest BCUT2D eigenvalue weighted by Gasteiger charge is -2.23. The van der Waals surface area contributed by atoms with Crippen molar-refractivity contribution in [2.24, 2.45) is 5.92 Å². The number of hydrogen-bond acceptors (Lipinski definition) is 4. The van der Waals surface area contributed by atoms with E-state index in [4.69, 9.17) is 5.10 Å². The van der Waals surface area contributed by atoms with E-state index in [0.29, 0.717) is 6.42 Å². The summed E-state index contributed by atoms with van der Waals surface area (Å²) in [7, 11) is 0. The van der Waals surface area contributed by atoms with Crippen LogP contribution in [0.2, 0.25) is 0 Å². The van der Waals surface area contributed by atoms with Gasteiger partial charge in [-0.25, -0.2) is 0 Å². The minimum Gasteiger partial charge on any atom is -0.345 e. The molecule has 1 aromatic heterocycles. The molecule has 6 heteroatoms. The fourth-order valence-corrected chi connectivity index (χ4v) is 5.71. The quantitative estimate of drug-likeness (QED) is 0.176. The first kappa shape index (κ1) is 28.6. The smallest absolute Gasteiger partial charge is 0.223 e. The predicted octanol–water partition coefficient (Wildman–Crippen LogP) is 7.79. The van der Waals surface area contributed by atoms with Crippen LogP contribution in [0.4, 0.5) is 0 Å². The second-order valence-electron chi connectivity index (χ2n) is 10.3. The summed E-state index contributed by atoms with van der Waals surface area (Å²) < 4.78 is 2.13. The van der Waals surface area contributed by atoms with Crippen LogP contribution >= 0.6 is 11.8 Å². The van der Waals surface area contributed by atoms with Gasteiger partial charge in [-0.3, -0.25) is 9.36 Å². The third kappa shape index (κ3) is 7.82. The van der Waals surface area contributed by atoms with Gasteiger partial charge < -0.3 is 5.32 Å². The number of aromatic nitrogens is 3. The van der Waals surface area contributed by atoms with Crippen molar-refractivity contribution in [3.05, 3.63) is 107 Å². The molecule has 5 nitrogen and oxygen atoms in total. The Morgan fingerprint density at radius 2 is 1.64 bits per heavy atom. The Kier molecular flexibility index (Phi) is 10.4. The molecule has 0 radical (unpaired) electrons. The molecule has 0 aliphatic heterocycles. The summed E-state index contributed by atoms with van der Waals surface area (Å²) >= 11 is 1.67. The number of thioether (sulfide) groups is 1. The molecule has 2 atom stereocenters. The Bertz CT molecular complexity index is 1330. The Hall–Kier alpha value is -3.38. The summed E-state index contributed by atoms with van der Waals surface area (Å²) in [5.74, 6) is 1.64. The van der Waals surface area contributed by atoms with Crippen molar-refractivity contribution in [1.29, 1.82) is 0 Å². The number of benzene rings is 3. The van der Waals surface area contributed by atoms with Gasteiger partial charge >= 0.3 is 0 Å². The maximum absolute atomic E-state index is 13.5. The number of rotatable bonds is 13. The first-order chi connectivity index (χ1) is 19.0. The number of nitrogens with one attached hydrogen (secondary N) is 1. The Labute approximate surface area is 237 Å². The Morgan fingerprint density at radius 1 is 0.897 bits per heavy atom. The van der Waals surface area contributed by atoms with Crippen molar-refractivity contribution in [1.82, 2.24) is 20.1 Å². The van der Waals surface area contributed by atoms with Crippen LogP contribution in [0.5, 0.6) is 0 Å². The van der Waals surface area contributed by atoms with Gasteiger partial charge in [0.1, 0.15) is 0 Å². The summed E-state index contributed by atoms with van der Waals surface area (Å²) in [6.07, 6.45) is 4.50. The lowest BCUT2D eigenvalue weighted by molar-refractivity contribution is -0.126. The van der Waals surface area contributed by atoms with Crippen LogP contribution in [0.1, 0.15) is 73.7 Å². The SMILES string of the molecule is CCCCC(CC)C(=O)NC(Cc1ccccc1)c1nnc(SCc2cccc(C)c2)n1-c1ccc(C)cc1. The van der Waals surface area contributed by atoms with Gasteiger partial charge in [-0.2, -0.15) is 0 Å². The van der Waals surface area contributed by atoms with Crippen molar-refractivity contribution >= 4 is 17.7 Å². The number of unbranched alkanes of at least 4 members (excludes halogenated alkanes) is 1. The molecule has 0 spiro atoms. The van der Waals surface area contributed by atoms with Crippen molar-refractivity contribution in [2.45, 2.75) is 76.8 Å². The predicted molar refractivity (Wildman–Crippen MR) is 161 cm³/mol. The van der Waals surface area contributed by atoms with Crippen LogP contribution in [0.15, 0.2) is 84.0 Å². The first-order valence-electron chi connectivity index (χ1n) is 14.0. The Morgan fingerprint density at radius 3 is 2.33 bits per heavy atom. The zero-order valence-corrected chi connectivity index (χ0v) is 24.4. The van der Waals surface area contributed by atoms with E-state index in [2.05, 4.69) is 103 Å². The van der Waals surface area contributed by atoms with Gasteiger partial charge in [0.25, 0.3) is 0 Å². The van der Waals surface area contributed by atoms with E-state index >= 15 is 0 Å². The molecule has 0 saturated carbocycles. The number of carbonyl (C=O) groups is 1. The summed E-state index contributed by atoms with van der Waals surface area (Å²) in [4.78, 5) is 13.5. The molecule has 4 aromatic rings. The molecule has 0 bridgehead atoms. The number of aryl methyl sites for hydroxylation is 2. The standard InChI is InChI=1S/C33H40N4OS/c1-5-7-16-28(6-2)32(38)34-30(22-26-13-9-8-10-14-26)31-35-36-33(37(31)29-19-17-24(3)18-20-29)39-23-27-15-11-12-25(4)21-27/h8-15,17-21,28,30H,5-7,16,22-23H2,1-4H3,(H,34,38). The van der Waals surface area contributed by atoms with Gasteiger partial charge in [0.15, 0.2) is 11.0 Å². The minimum atomic E-state index is -0.308. The summed E-state index contributed by atoms with van der Waals surface area (Å²) in [6.45, 7) is 8.47. The van der Waals surface area contributed by atoms with Crippen molar-refractivity contribution in [2.75, 3.05) is 0 Å². The molecule has 1 amide bonds. The van der Waals surface area contributed by atoms with E-state index in [9.17, 15) is 4.79 Å². The fourth-order valence-electron chi connectivity index (χ4n) is 4.80. The van der Waals surface area contributed by atoms with Gasteiger partial charge in [-0.1, -0.05) is 116 Å². The summed E-state index contributed by atoms with van der Waals surface area (Å²) in [5.41, 5.74) is 5.83. The number of carbonyl (C=O) groups excluding carboxylic acids is 1. The molecule has 3 aromatic carbocycles. The van der Waals surface area contributed by atoms with Crippen LogP contribution in [0, 0.1) is 19.8 Å². The van der Waals surface area contributed by atoms with Crippen LogP contribution in [0.25, 0.3) is 5.69 Å². The van der Waals surface area contributed by atoms with E-state index in [1.54, 1.807) is 11.8 Å². The third-order valence-electron chi connectivity index (χ3n) is 7.08. The average Bonchev–Trinajstić information content (AvgIpc) is 3.37. The summed E-state index contributed by atoms with van der Waals surface area (Å²) in [5, 5.41) is 13.6.